The van der Waals surface area contributed by atoms with E-state index in [4.69, 9.17) is 39.5 Å². The summed E-state index contributed by atoms with van der Waals surface area (Å²) < 4.78 is 5.55. The fourth-order valence-electron chi connectivity index (χ4n) is 2.88. The smallest absolute Gasteiger partial charge is 0.347 e. The molecule has 0 aromatic heterocycles. The molecular formula is C24H21Cl3N2O4. The van der Waals surface area contributed by atoms with Gasteiger partial charge < -0.3 is 15.2 Å². The number of hydrogen-bond acceptors (Lipinski definition) is 3. The number of para-hydroxylation sites is 1. The van der Waals surface area contributed by atoms with Crippen LogP contribution in [0.5, 0.6) is 5.75 Å². The van der Waals surface area contributed by atoms with Crippen LogP contribution >= 0.6 is 34.8 Å². The van der Waals surface area contributed by atoms with E-state index in [0.29, 0.717) is 32.2 Å². The van der Waals surface area contributed by atoms with Crippen LogP contribution in [-0.4, -0.2) is 22.7 Å². The van der Waals surface area contributed by atoms with Gasteiger partial charge in [0.05, 0.1) is 27.3 Å². The van der Waals surface area contributed by atoms with Gasteiger partial charge in [-0.05, 0) is 67.9 Å². The number of benzene rings is 3. The molecule has 0 unspecified atom stereocenters. The molecule has 2 amide bonds. The Bertz CT molecular complexity index is 1170. The number of carboxylic acids is 1. The molecule has 0 saturated carbocycles. The highest BCUT2D eigenvalue weighted by molar-refractivity contribution is 6.42. The first kappa shape index (κ1) is 24.7. The molecule has 3 aromatic rings. The van der Waals surface area contributed by atoms with Gasteiger partial charge in [-0.2, -0.15) is 0 Å². The van der Waals surface area contributed by atoms with E-state index in [9.17, 15) is 14.7 Å². The number of anilines is 2. The lowest BCUT2D eigenvalue weighted by Gasteiger charge is -2.25. The second-order valence-electron chi connectivity index (χ2n) is 7.66. The fraction of sp³-hybridized carbons (Fsp3) is 0.167. The van der Waals surface area contributed by atoms with Gasteiger partial charge >= 0.3 is 12.0 Å². The number of aliphatic carboxylic acids is 1. The van der Waals surface area contributed by atoms with Crippen LogP contribution in [-0.2, 0) is 11.3 Å². The normalized spacial score (nSPS) is 11.1. The highest BCUT2D eigenvalue weighted by Crippen LogP contribution is 2.28. The van der Waals surface area contributed by atoms with Crippen molar-refractivity contribution >= 4 is 58.2 Å². The minimum absolute atomic E-state index is 0.188. The summed E-state index contributed by atoms with van der Waals surface area (Å²) in [7, 11) is 0. The highest BCUT2D eigenvalue weighted by atomic mass is 35.5. The van der Waals surface area contributed by atoms with E-state index >= 15 is 0 Å². The van der Waals surface area contributed by atoms with Crippen LogP contribution < -0.4 is 15.0 Å². The zero-order valence-corrected chi connectivity index (χ0v) is 20.1. The van der Waals surface area contributed by atoms with Crippen molar-refractivity contribution in [2.45, 2.75) is 26.0 Å². The van der Waals surface area contributed by atoms with Crippen molar-refractivity contribution in [1.82, 2.24) is 0 Å². The molecule has 2 N–H and O–H groups in total. The molecule has 0 heterocycles. The number of rotatable bonds is 7. The zero-order valence-electron chi connectivity index (χ0n) is 17.8. The lowest BCUT2D eigenvalue weighted by atomic mass is 10.1. The van der Waals surface area contributed by atoms with E-state index in [1.54, 1.807) is 66.7 Å². The zero-order chi connectivity index (χ0) is 24.2. The molecular weight excluding hydrogens is 487 g/mol. The molecule has 3 aromatic carbocycles. The fourth-order valence-corrected chi connectivity index (χ4v) is 3.38. The van der Waals surface area contributed by atoms with Crippen molar-refractivity contribution < 1.29 is 19.4 Å². The van der Waals surface area contributed by atoms with Crippen LogP contribution in [0.2, 0.25) is 15.1 Å². The number of carbonyl (C=O) groups is 2. The van der Waals surface area contributed by atoms with Crippen LogP contribution in [0.4, 0.5) is 16.2 Å². The van der Waals surface area contributed by atoms with E-state index in [1.807, 2.05) is 0 Å². The Kier molecular flexibility index (Phi) is 7.74. The van der Waals surface area contributed by atoms with Crippen molar-refractivity contribution in [3.63, 3.8) is 0 Å². The predicted molar refractivity (Wildman–Crippen MR) is 132 cm³/mol. The molecule has 0 aliphatic heterocycles. The molecule has 6 nitrogen and oxygen atoms in total. The van der Waals surface area contributed by atoms with Gasteiger partial charge in [0.1, 0.15) is 5.75 Å². The summed E-state index contributed by atoms with van der Waals surface area (Å²) in [5.74, 6) is -0.737. The molecule has 0 saturated heterocycles. The molecule has 0 spiro atoms. The third kappa shape index (κ3) is 6.32. The van der Waals surface area contributed by atoms with Gasteiger partial charge in [-0.15, -0.1) is 0 Å². The van der Waals surface area contributed by atoms with E-state index in [2.05, 4.69) is 5.32 Å². The van der Waals surface area contributed by atoms with Gasteiger partial charge in [-0.25, -0.2) is 9.59 Å². The molecule has 0 aliphatic carbocycles. The van der Waals surface area contributed by atoms with E-state index in [0.717, 1.165) is 5.56 Å². The average molecular weight is 508 g/mol. The predicted octanol–water partition coefficient (Wildman–Crippen LogP) is 7.13. The van der Waals surface area contributed by atoms with Crippen LogP contribution in [0.25, 0.3) is 0 Å². The molecule has 33 heavy (non-hydrogen) atoms. The van der Waals surface area contributed by atoms with Crippen LogP contribution in [0, 0.1) is 0 Å². The number of carbonyl (C=O) groups excluding carboxylic acids is 1. The minimum Gasteiger partial charge on any atom is -0.478 e. The van der Waals surface area contributed by atoms with E-state index < -0.39 is 17.6 Å². The number of nitrogens with zero attached hydrogens (tertiary/aromatic N) is 1. The first-order valence-corrected chi connectivity index (χ1v) is 11.0. The Hall–Kier alpha value is -2.93. The first-order chi connectivity index (χ1) is 15.6. The number of urea groups is 1. The molecule has 3 rings (SSSR count). The molecule has 9 heteroatoms. The summed E-state index contributed by atoms with van der Waals surface area (Å²) >= 11 is 18.4. The molecule has 0 aliphatic rings. The van der Waals surface area contributed by atoms with Gasteiger partial charge in [0.25, 0.3) is 0 Å². The van der Waals surface area contributed by atoms with E-state index in [1.165, 1.54) is 18.7 Å². The number of nitrogens with one attached hydrogen (secondary N) is 1. The maximum atomic E-state index is 13.2. The Balaban J connectivity index is 1.90. The molecule has 0 fully saturated rings. The third-order valence-corrected chi connectivity index (χ3v) is 5.79. The summed E-state index contributed by atoms with van der Waals surface area (Å²) in [6.07, 6.45) is 0. The third-order valence-electron chi connectivity index (χ3n) is 4.72. The summed E-state index contributed by atoms with van der Waals surface area (Å²) in [5, 5.41) is 13.3. The summed E-state index contributed by atoms with van der Waals surface area (Å²) in [4.78, 5) is 26.0. The van der Waals surface area contributed by atoms with Gasteiger partial charge in [0.2, 0.25) is 0 Å². The quantitative estimate of drug-likeness (QED) is 0.356. The maximum absolute atomic E-state index is 13.2. The largest absolute Gasteiger partial charge is 0.478 e. The first-order valence-electron chi connectivity index (χ1n) is 9.86. The van der Waals surface area contributed by atoms with Gasteiger partial charge in [-0.3, -0.25) is 4.90 Å². The summed E-state index contributed by atoms with van der Waals surface area (Å²) in [6.45, 7) is 3.10. The number of carboxylic acid groups (broad SMARTS) is 1. The minimum atomic E-state index is -1.40. The second kappa shape index (κ2) is 10.3. The number of hydrogen-bond donors (Lipinski definition) is 2. The number of amides is 2. The monoisotopic (exact) mass is 506 g/mol. The van der Waals surface area contributed by atoms with Crippen molar-refractivity contribution in [2.24, 2.45) is 0 Å². The van der Waals surface area contributed by atoms with Crippen molar-refractivity contribution in [1.29, 1.82) is 0 Å². The van der Waals surface area contributed by atoms with Gasteiger partial charge in [0.15, 0.2) is 5.60 Å². The molecule has 0 radical (unpaired) electrons. The highest BCUT2D eigenvalue weighted by Gasteiger charge is 2.29. The van der Waals surface area contributed by atoms with Crippen molar-refractivity contribution in [3.8, 4) is 5.75 Å². The van der Waals surface area contributed by atoms with E-state index in [-0.39, 0.29) is 6.54 Å². The van der Waals surface area contributed by atoms with Crippen LogP contribution in [0.1, 0.15) is 19.4 Å². The summed E-state index contributed by atoms with van der Waals surface area (Å²) in [6, 6.07) is 18.1. The molecule has 0 bridgehead atoms. The van der Waals surface area contributed by atoms with Gasteiger partial charge in [-0.1, -0.05) is 53.0 Å². The number of halogens is 3. The van der Waals surface area contributed by atoms with Crippen molar-refractivity contribution in [2.75, 3.05) is 10.2 Å². The topological polar surface area (TPSA) is 78.9 Å². The lowest BCUT2D eigenvalue weighted by Crippen LogP contribution is -2.38. The Morgan fingerprint density at radius 1 is 0.939 bits per heavy atom. The van der Waals surface area contributed by atoms with Crippen molar-refractivity contribution in [3.05, 3.63) is 87.4 Å². The number of ether oxygens (including phenoxy) is 1. The molecule has 0 atom stereocenters. The molecule has 172 valence electrons. The SMILES string of the molecule is CC(C)(Oc1ccc(N(Cc2ccc(Cl)c(Cl)c2)C(=O)Nc2ccccc2Cl)cc1)C(=O)O. The van der Waals surface area contributed by atoms with Crippen LogP contribution in [0.3, 0.4) is 0 Å². The lowest BCUT2D eigenvalue weighted by molar-refractivity contribution is -0.152. The Labute approximate surface area is 206 Å². The second-order valence-corrected chi connectivity index (χ2v) is 8.88. The van der Waals surface area contributed by atoms with Gasteiger partial charge in [0, 0.05) is 5.69 Å². The maximum Gasteiger partial charge on any atom is 0.347 e. The Morgan fingerprint density at radius 3 is 2.21 bits per heavy atom. The summed E-state index contributed by atoms with van der Waals surface area (Å²) in [5.41, 5.74) is 0.367. The average Bonchev–Trinajstić information content (AvgIpc) is 2.76. The standard InChI is InChI=1S/C24H21Cl3N2O4/c1-24(2,22(30)31)33-17-10-8-16(9-11-17)29(14-15-7-12-18(25)20(27)13-15)23(32)28-21-6-4-3-5-19(21)26/h3-13H,14H2,1-2H3,(H,28,32)(H,30,31). The van der Waals surface area contributed by atoms with Crippen LogP contribution in [0.15, 0.2) is 66.7 Å². The Morgan fingerprint density at radius 2 is 1.61 bits per heavy atom.